The summed E-state index contributed by atoms with van der Waals surface area (Å²) in [6, 6.07) is 15.9. The molecule has 4 N–H and O–H groups in total. The number of nitrogens with one attached hydrogen (secondary N) is 2. The van der Waals surface area contributed by atoms with Crippen LogP contribution in [0.3, 0.4) is 0 Å². The second-order valence-corrected chi connectivity index (χ2v) is 10.8. The number of hydrogen-bond acceptors (Lipinski definition) is 5. The molecule has 2 unspecified atom stereocenters. The van der Waals surface area contributed by atoms with Crippen LogP contribution < -0.4 is 16.4 Å². The van der Waals surface area contributed by atoms with Crippen LogP contribution in [0.2, 0.25) is 0 Å². The van der Waals surface area contributed by atoms with Gasteiger partial charge in [-0.15, -0.1) is 0 Å². The Morgan fingerprint density at radius 1 is 0.892 bits per heavy atom. The Hall–Kier alpha value is -3.88. The third kappa shape index (κ3) is 9.25. The molecule has 9 nitrogen and oxygen atoms in total. The van der Waals surface area contributed by atoms with Crippen LogP contribution in [0.4, 0.5) is 4.79 Å². The minimum Gasteiger partial charge on any atom is -0.444 e. The van der Waals surface area contributed by atoms with Crippen molar-refractivity contribution in [3.8, 4) is 0 Å². The SMILES string of the molecule is CC(C)(C)OC(=O)NC(CC(N)=O)C(=O)N(C(C(=O)NCc1ccccc1)c1ccccc1)C(C)(C)C. The Balaban J connectivity index is 2.47. The number of rotatable bonds is 9. The first-order valence-corrected chi connectivity index (χ1v) is 12.2. The van der Waals surface area contributed by atoms with Crippen LogP contribution in [0, 0.1) is 0 Å². The summed E-state index contributed by atoms with van der Waals surface area (Å²) in [7, 11) is 0. The van der Waals surface area contributed by atoms with Crippen molar-refractivity contribution in [3.63, 3.8) is 0 Å². The van der Waals surface area contributed by atoms with Gasteiger partial charge in [-0.1, -0.05) is 60.7 Å². The van der Waals surface area contributed by atoms with Gasteiger partial charge in [0, 0.05) is 12.1 Å². The molecule has 0 aliphatic carbocycles. The molecule has 9 heteroatoms. The van der Waals surface area contributed by atoms with Crippen LogP contribution >= 0.6 is 0 Å². The number of ether oxygens (including phenoxy) is 1. The molecule has 0 aliphatic heterocycles. The van der Waals surface area contributed by atoms with Crippen molar-refractivity contribution >= 4 is 23.8 Å². The second kappa shape index (κ2) is 12.4. The van der Waals surface area contributed by atoms with Gasteiger partial charge in [0.15, 0.2) is 0 Å². The van der Waals surface area contributed by atoms with Gasteiger partial charge >= 0.3 is 6.09 Å². The third-order valence-electron chi connectivity index (χ3n) is 5.29. The smallest absolute Gasteiger partial charge is 0.408 e. The molecule has 0 aromatic heterocycles. The zero-order valence-corrected chi connectivity index (χ0v) is 22.4. The van der Waals surface area contributed by atoms with E-state index in [1.165, 1.54) is 4.90 Å². The zero-order chi connectivity index (χ0) is 27.8. The van der Waals surface area contributed by atoms with Gasteiger partial charge in [0.05, 0.1) is 6.42 Å². The molecule has 0 radical (unpaired) electrons. The van der Waals surface area contributed by atoms with Crippen LogP contribution in [0.5, 0.6) is 0 Å². The predicted octanol–water partition coefficient (Wildman–Crippen LogP) is 3.44. The van der Waals surface area contributed by atoms with Crippen LogP contribution in [0.1, 0.15) is 65.1 Å². The highest BCUT2D eigenvalue weighted by molar-refractivity contribution is 5.95. The fraction of sp³-hybridized carbons (Fsp3) is 0.429. The number of carbonyl (C=O) groups is 4. The summed E-state index contributed by atoms with van der Waals surface area (Å²) < 4.78 is 5.29. The first-order chi connectivity index (χ1) is 17.2. The number of amides is 4. The van der Waals surface area contributed by atoms with E-state index < -0.39 is 53.5 Å². The topological polar surface area (TPSA) is 131 Å². The summed E-state index contributed by atoms with van der Waals surface area (Å²) in [5.74, 6) is -1.83. The molecule has 2 rings (SSSR count). The van der Waals surface area contributed by atoms with Crippen LogP contribution in [-0.2, 0) is 25.7 Å². The van der Waals surface area contributed by atoms with Gasteiger partial charge < -0.3 is 26.0 Å². The van der Waals surface area contributed by atoms with Crippen molar-refractivity contribution in [1.29, 1.82) is 0 Å². The highest BCUT2D eigenvalue weighted by atomic mass is 16.6. The number of hydrogen-bond donors (Lipinski definition) is 3. The first-order valence-electron chi connectivity index (χ1n) is 12.2. The van der Waals surface area contributed by atoms with E-state index in [9.17, 15) is 19.2 Å². The van der Waals surface area contributed by atoms with E-state index in [1.807, 2.05) is 36.4 Å². The lowest BCUT2D eigenvalue weighted by molar-refractivity contribution is -0.149. The van der Waals surface area contributed by atoms with Crippen molar-refractivity contribution in [2.45, 2.75) is 77.7 Å². The van der Waals surface area contributed by atoms with Gasteiger partial charge in [-0.05, 0) is 52.7 Å². The average molecular weight is 511 g/mol. The fourth-order valence-corrected chi connectivity index (χ4v) is 3.80. The van der Waals surface area contributed by atoms with E-state index in [1.54, 1.807) is 65.8 Å². The highest BCUT2D eigenvalue weighted by Gasteiger charge is 2.42. The fourth-order valence-electron chi connectivity index (χ4n) is 3.80. The molecule has 0 fully saturated rings. The molecular weight excluding hydrogens is 472 g/mol. The zero-order valence-electron chi connectivity index (χ0n) is 22.4. The Morgan fingerprint density at radius 2 is 1.43 bits per heavy atom. The van der Waals surface area contributed by atoms with Gasteiger partial charge in [-0.25, -0.2) is 4.79 Å². The molecule has 0 saturated carbocycles. The van der Waals surface area contributed by atoms with Crippen molar-refractivity contribution in [1.82, 2.24) is 15.5 Å². The number of nitrogens with zero attached hydrogens (tertiary/aromatic N) is 1. The lowest BCUT2D eigenvalue weighted by atomic mass is 9.95. The summed E-state index contributed by atoms with van der Waals surface area (Å²) in [6.07, 6.45) is -1.33. The minimum absolute atomic E-state index is 0.260. The van der Waals surface area contributed by atoms with E-state index >= 15 is 0 Å². The summed E-state index contributed by atoms with van der Waals surface area (Å²) >= 11 is 0. The van der Waals surface area contributed by atoms with Crippen molar-refractivity contribution < 1.29 is 23.9 Å². The van der Waals surface area contributed by atoms with E-state index in [4.69, 9.17) is 10.5 Å². The van der Waals surface area contributed by atoms with Crippen molar-refractivity contribution in [2.75, 3.05) is 0 Å². The number of benzene rings is 2. The highest BCUT2D eigenvalue weighted by Crippen LogP contribution is 2.30. The van der Waals surface area contributed by atoms with Crippen LogP contribution in [0.15, 0.2) is 60.7 Å². The van der Waals surface area contributed by atoms with Gasteiger partial charge in [0.25, 0.3) is 0 Å². The largest absolute Gasteiger partial charge is 0.444 e. The Bertz CT molecular complexity index is 1080. The van der Waals surface area contributed by atoms with E-state index in [0.29, 0.717) is 5.56 Å². The molecule has 0 bridgehead atoms. The average Bonchev–Trinajstić information content (AvgIpc) is 2.79. The lowest BCUT2D eigenvalue weighted by Crippen LogP contribution is -2.59. The maximum atomic E-state index is 14.0. The Morgan fingerprint density at radius 3 is 1.92 bits per heavy atom. The monoisotopic (exact) mass is 510 g/mol. The van der Waals surface area contributed by atoms with E-state index in [-0.39, 0.29) is 6.54 Å². The number of carbonyl (C=O) groups excluding carboxylic acids is 4. The Labute approximate surface area is 218 Å². The first kappa shape index (κ1) is 29.4. The summed E-state index contributed by atoms with van der Waals surface area (Å²) in [5.41, 5.74) is 5.19. The van der Waals surface area contributed by atoms with Crippen molar-refractivity contribution in [2.24, 2.45) is 5.73 Å². The molecule has 0 saturated heterocycles. The standard InChI is InChI=1S/C28H38N4O5/c1-27(2,3)32(25(35)21(17-22(29)33)31-26(36)37-28(4,5)6)23(20-15-11-8-12-16-20)24(34)30-18-19-13-9-7-10-14-19/h7-16,21,23H,17-18H2,1-6H3,(H2,29,33)(H,30,34)(H,31,36). The lowest BCUT2D eigenvalue weighted by Gasteiger charge is -2.43. The van der Waals surface area contributed by atoms with Crippen LogP contribution in [-0.4, -0.2) is 45.9 Å². The predicted molar refractivity (Wildman–Crippen MR) is 141 cm³/mol. The minimum atomic E-state index is -1.33. The third-order valence-corrected chi connectivity index (χ3v) is 5.29. The normalized spacial score (nSPS) is 13.1. The molecule has 2 aromatic carbocycles. The number of alkyl carbamates (subject to hydrolysis) is 1. The van der Waals surface area contributed by atoms with Crippen LogP contribution in [0.25, 0.3) is 0 Å². The quantitative estimate of drug-likeness (QED) is 0.476. The van der Waals surface area contributed by atoms with Gasteiger partial charge in [0.1, 0.15) is 17.7 Å². The maximum absolute atomic E-state index is 14.0. The summed E-state index contributed by atoms with van der Waals surface area (Å²) in [4.78, 5) is 53.4. The van der Waals surface area contributed by atoms with E-state index in [0.717, 1.165) is 5.56 Å². The molecular formula is C28H38N4O5. The Kier molecular flexibility index (Phi) is 9.82. The van der Waals surface area contributed by atoms with Gasteiger partial charge in [0.2, 0.25) is 17.7 Å². The summed E-state index contributed by atoms with van der Waals surface area (Å²) in [6.45, 7) is 10.6. The maximum Gasteiger partial charge on any atom is 0.408 e. The molecule has 37 heavy (non-hydrogen) atoms. The van der Waals surface area contributed by atoms with Crippen molar-refractivity contribution in [3.05, 3.63) is 71.8 Å². The van der Waals surface area contributed by atoms with Gasteiger partial charge in [-0.2, -0.15) is 0 Å². The second-order valence-electron chi connectivity index (χ2n) is 10.8. The molecule has 2 aromatic rings. The molecule has 0 aliphatic rings. The molecule has 0 spiro atoms. The molecule has 200 valence electrons. The summed E-state index contributed by atoms with van der Waals surface area (Å²) in [5, 5.41) is 5.40. The van der Waals surface area contributed by atoms with E-state index in [2.05, 4.69) is 10.6 Å². The number of primary amides is 1. The molecule has 4 amide bonds. The number of nitrogens with two attached hydrogens (primary N) is 1. The molecule has 0 heterocycles. The molecule has 2 atom stereocenters. The van der Waals surface area contributed by atoms with Gasteiger partial charge in [-0.3, -0.25) is 14.4 Å².